The van der Waals surface area contributed by atoms with E-state index in [1.165, 1.54) is 71.1 Å². The summed E-state index contributed by atoms with van der Waals surface area (Å²) < 4.78 is 5.84. The van der Waals surface area contributed by atoms with Gasteiger partial charge in [0.2, 0.25) is 0 Å². The molecule has 1 N–H and O–H groups in total. The molecule has 0 aromatic rings. The zero-order valence-corrected chi connectivity index (χ0v) is 11.6. The van der Waals surface area contributed by atoms with E-state index in [1.54, 1.807) is 0 Å². The first kappa shape index (κ1) is 12.9. The lowest BCUT2D eigenvalue weighted by Crippen LogP contribution is -2.40. The Kier molecular flexibility index (Phi) is 4.55. The standard InChI is InChI=1S/C15H28N2O/c1-2-11-18-14(4-1)7-10-17-9-3-8-16-15(12-17)13-5-6-13/h13-16H,1-12H2. The van der Waals surface area contributed by atoms with Crippen molar-refractivity contribution in [3.05, 3.63) is 0 Å². The van der Waals surface area contributed by atoms with Gasteiger partial charge in [0.25, 0.3) is 0 Å². The number of ether oxygens (including phenoxy) is 1. The summed E-state index contributed by atoms with van der Waals surface area (Å²) >= 11 is 0. The third kappa shape index (κ3) is 3.69. The quantitative estimate of drug-likeness (QED) is 0.828. The molecule has 0 bridgehead atoms. The fourth-order valence-corrected chi connectivity index (χ4v) is 3.40. The number of rotatable bonds is 4. The van der Waals surface area contributed by atoms with Gasteiger partial charge in [0.1, 0.15) is 0 Å². The van der Waals surface area contributed by atoms with Gasteiger partial charge in [-0.15, -0.1) is 0 Å². The Morgan fingerprint density at radius 2 is 2.06 bits per heavy atom. The Morgan fingerprint density at radius 3 is 2.83 bits per heavy atom. The lowest BCUT2D eigenvalue weighted by atomic mass is 10.1. The van der Waals surface area contributed by atoms with E-state index in [-0.39, 0.29) is 0 Å². The molecule has 2 saturated heterocycles. The van der Waals surface area contributed by atoms with Crippen molar-refractivity contribution in [1.29, 1.82) is 0 Å². The molecule has 2 heterocycles. The predicted octanol–water partition coefficient (Wildman–Crippen LogP) is 2.02. The second kappa shape index (κ2) is 6.36. The van der Waals surface area contributed by atoms with E-state index in [9.17, 15) is 0 Å². The Labute approximate surface area is 111 Å². The molecule has 2 atom stereocenters. The third-order valence-electron chi connectivity index (χ3n) is 4.74. The number of hydrogen-bond donors (Lipinski definition) is 1. The van der Waals surface area contributed by atoms with Gasteiger partial charge in [-0.25, -0.2) is 0 Å². The largest absolute Gasteiger partial charge is 0.378 e. The summed E-state index contributed by atoms with van der Waals surface area (Å²) in [5.74, 6) is 0.983. The molecular weight excluding hydrogens is 224 g/mol. The Hall–Kier alpha value is -0.120. The van der Waals surface area contributed by atoms with E-state index >= 15 is 0 Å². The van der Waals surface area contributed by atoms with Crippen molar-refractivity contribution < 1.29 is 4.74 Å². The topological polar surface area (TPSA) is 24.5 Å². The highest BCUT2D eigenvalue weighted by Crippen LogP contribution is 2.33. The lowest BCUT2D eigenvalue weighted by molar-refractivity contribution is 0.00535. The molecule has 3 nitrogen and oxygen atoms in total. The fourth-order valence-electron chi connectivity index (χ4n) is 3.40. The van der Waals surface area contributed by atoms with Gasteiger partial charge < -0.3 is 15.0 Å². The van der Waals surface area contributed by atoms with E-state index in [2.05, 4.69) is 10.2 Å². The monoisotopic (exact) mass is 252 g/mol. The van der Waals surface area contributed by atoms with Crippen molar-refractivity contribution in [2.45, 2.75) is 57.1 Å². The minimum absolute atomic E-state index is 0.550. The molecule has 0 spiro atoms. The van der Waals surface area contributed by atoms with Crippen molar-refractivity contribution in [3.63, 3.8) is 0 Å². The number of nitrogens with zero attached hydrogens (tertiary/aromatic N) is 1. The van der Waals surface area contributed by atoms with Crippen molar-refractivity contribution >= 4 is 0 Å². The molecule has 2 unspecified atom stereocenters. The summed E-state index contributed by atoms with van der Waals surface area (Å²) in [6.07, 6.45) is 9.96. The summed E-state index contributed by atoms with van der Waals surface area (Å²) in [5, 5.41) is 3.74. The molecule has 0 amide bonds. The average molecular weight is 252 g/mol. The molecule has 18 heavy (non-hydrogen) atoms. The van der Waals surface area contributed by atoms with Crippen LogP contribution in [0.2, 0.25) is 0 Å². The molecule has 0 radical (unpaired) electrons. The summed E-state index contributed by atoms with van der Waals surface area (Å²) in [5.41, 5.74) is 0. The second-order valence-corrected chi connectivity index (χ2v) is 6.33. The molecule has 3 heteroatoms. The molecule has 0 aromatic carbocycles. The first-order valence-electron chi connectivity index (χ1n) is 7.99. The van der Waals surface area contributed by atoms with Crippen LogP contribution in [-0.4, -0.2) is 49.8 Å². The summed E-state index contributed by atoms with van der Waals surface area (Å²) in [6, 6.07) is 0.778. The van der Waals surface area contributed by atoms with Crippen LogP contribution in [0.4, 0.5) is 0 Å². The fraction of sp³-hybridized carbons (Fsp3) is 1.00. The van der Waals surface area contributed by atoms with Crippen molar-refractivity contribution in [2.75, 3.05) is 32.8 Å². The van der Waals surface area contributed by atoms with Crippen molar-refractivity contribution in [2.24, 2.45) is 5.92 Å². The molecule has 3 rings (SSSR count). The normalized spacial score (nSPS) is 35.3. The number of nitrogens with one attached hydrogen (secondary N) is 1. The Balaban J connectivity index is 1.42. The average Bonchev–Trinajstić information content (AvgIpc) is 3.24. The molecule has 3 fully saturated rings. The molecule has 1 aliphatic carbocycles. The Bertz CT molecular complexity index is 249. The molecular formula is C15H28N2O. The minimum Gasteiger partial charge on any atom is -0.378 e. The van der Waals surface area contributed by atoms with E-state index in [1.807, 2.05) is 0 Å². The van der Waals surface area contributed by atoms with Crippen LogP contribution in [0.1, 0.15) is 44.9 Å². The smallest absolute Gasteiger partial charge is 0.0587 e. The zero-order valence-electron chi connectivity index (χ0n) is 11.6. The van der Waals surface area contributed by atoms with Crippen LogP contribution >= 0.6 is 0 Å². The van der Waals surface area contributed by atoms with Crippen LogP contribution in [0.25, 0.3) is 0 Å². The molecule has 104 valence electrons. The van der Waals surface area contributed by atoms with Crippen LogP contribution in [-0.2, 0) is 4.74 Å². The van der Waals surface area contributed by atoms with E-state index < -0.39 is 0 Å². The van der Waals surface area contributed by atoms with Crippen LogP contribution < -0.4 is 5.32 Å². The molecule has 0 aromatic heterocycles. The van der Waals surface area contributed by atoms with Gasteiger partial charge in [0.05, 0.1) is 6.10 Å². The van der Waals surface area contributed by atoms with Gasteiger partial charge in [-0.05, 0) is 64.0 Å². The highest BCUT2D eigenvalue weighted by Gasteiger charge is 2.33. The highest BCUT2D eigenvalue weighted by atomic mass is 16.5. The SMILES string of the molecule is C1CCC(CCN2CCCNC(C3CC3)C2)OC1. The molecule has 3 aliphatic rings. The predicted molar refractivity (Wildman–Crippen MR) is 73.8 cm³/mol. The van der Waals surface area contributed by atoms with Crippen molar-refractivity contribution in [1.82, 2.24) is 10.2 Å². The highest BCUT2D eigenvalue weighted by molar-refractivity contribution is 4.90. The maximum Gasteiger partial charge on any atom is 0.0587 e. The van der Waals surface area contributed by atoms with E-state index in [0.29, 0.717) is 6.10 Å². The summed E-state index contributed by atoms with van der Waals surface area (Å²) in [6.45, 7) is 6.02. The maximum atomic E-state index is 5.84. The molecule has 2 aliphatic heterocycles. The second-order valence-electron chi connectivity index (χ2n) is 6.33. The van der Waals surface area contributed by atoms with E-state index in [4.69, 9.17) is 4.74 Å². The van der Waals surface area contributed by atoms with Crippen LogP contribution in [0, 0.1) is 5.92 Å². The van der Waals surface area contributed by atoms with E-state index in [0.717, 1.165) is 18.6 Å². The van der Waals surface area contributed by atoms with Gasteiger partial charge >= 0.3 is 0 Å². The van der Waals surface area contributed by atoms with Gasteiger partial charge in [-0.3, -0.25) is 0 Å². The van der Waals surface area contributed by atoms with Gasteiger partial charge in [-0.2, -0.15) is 0 Å². The van der Waals surface area contributed by atoms with Crippen LogP contribution in [0.5, 0.6) is 0 Å². The number of hydrogen-bond acceptors (Lipinski definition) is 3. The first-order valence-corrected chi connectivity index (χ1v) is 7.99. The van der Waals surface area contributed by atoms with Crippen LogP contribution in [0.3, 0.4) is 0 Å². The summed E-state index contributed by atoms with van der Waals surface area (Å²) in [4.78, 5) is 2.68. The van der Waals surface area contributed by atoms with Crippen molar-refractivity contribution in [3.8, 4) is 0 Å². The van der Waals surface area contributed by atoms with Gasteiger partial charge in [-0.1, -0.05) is 0 Å². The molecule has 1 saturated carbocycles. The third-order valence-corrected chi connectivity index (χ3v) is 4.74. The lowest BCUT2D eigenvalue weighted by Gasteiger charge is -2.28. The first-order chi connectivity index (χ1) is 8.92. The van der Waals surface area contributed by atoms with Gasteiger partial charge in [0, 0.05) is 25.7 Å². The van der Waals surface area contributed by atoms with Crippen LogP contribution in [0.15, 0.2) is 0 Å². The maximum absolute atomic E-state index is 5.84. The summed E-state index contributed by atoms with van der Waals surface area (Å²) in [7, 11) is 0. The zero-order chi connectivity index (χ0) is 12.2. The Morgan fingerprint density at radius 1 is 1.11 bits per heavy atom. The minimum atomic E-state index is 0.550. The van der Waals surface area contributed by atoms with Gasteiger partial charge in [0.15, 0.2) is 0 Å².